The van der Waals surface area contributed by atoms with Crippen molar-refractivity contribution in [3.05, 3.63) is 29.8 Å². The fourth-order valence-corrected chi connectivity index (χ4v) is 4.42. The SMILES string of the molecule is CN(CC1Cc2ccccc2S1)C1COCC1C(=O)O. The summed E-state index contributed by atoms with van der Waals surface area (Å²) in [6.07, 6.45) is 1.07. The average Bonchev–Trinajstić information content (AvgIpc) is 3.04. The van der Waals surface area contributed by atoms with E-state index in [4.69, 9.17) is 4.74 Å². The first kappa shape index (κ1) is 13.9. The van der Waals surface area contributed by atoms with Crippen molar-refractivity contribution in [1.82, 2.24) is 4.90 Å². The normalized spacial score (nSPS) is 28.8. The highest BCUT2D eigenvalue weighted by molar-refractivity contribution is 8.00. The first-order chi connectivity index (χ1) is 9.65. The van der Waals surface area contributed by atoms with Crippen LogP contribution in [0.25, 0.3) is 0 Å². The molecule has 2 aliphatic heterocycles. The molecule has 0 radical (unpaired) electrons. The predicted octanol–water partition coefficient (Wildman–Crippen LogP) is 1.73. The Hall–Kier alpha value is -1.04. The van der Waals surface area contributed by atoms with Crippen LogP contribution in [0, 0.1) is 5.92 Å². The third-order valence-electron chi connectivity index (χ3n) is 4.14. The number of thioether (sulfide) groups is 1. The van der Waals surface area contributed by atoms with Gasteiger partial charge in [0.25, 0.3) is 0 Å². The molecule has 3 atom stereocenters. The van der Waals surface area contributed by atoms with Crippen LogP contribution in [-0.2, 0) is 16.0 Å². The lowest BCUT2D eigenvalue weighted by Gasteiger charge is -2.28. The predicted molar refractivity (Wildman–Crippen MR) is 78.2 cm³/mol. The summed E-state index contributed by atoms with van der Waals surface area (Å²) < 4.78 is 5.35. The summed E-state index contributed by atoms with van der Waals surface area (Å²) in [6, 6.07) is 8.50. The van der Waals surface area contributed by atoms with Crippen LogP contribution in [0.3, 0.4) is 0 Å². The van der Waals surface area contributed by atoms with E-state index < -0.39 is 11.9 Å². The third kappa shape index (κ3) is 2.71. The Morgan fingerprint density at radius 2 is 2.25 bits per heavy atom. The second-order valence-corrected chi connectivity index (χ2v) is 6.88. The molecule has 0 aliphatic carbocycles. The lowest BCUT2D eigenvalue weighted by atomic mass is 10.0. The van der Waals surface area contributed by atoms with Gasteiger partial charge in [-0.25, -0.2) is 0 Å². The summed E-state index contributed by atoms with van der Waals surface area (Å²) in [4.78, 5) is 14.7. The number of benzene rings is 1. The van der Waals surface area contributed by atoms with Gasteiger partial charge in [-0.15, -0.1) is 11.8 Å². The van der Waals surface area contributed by atoms with Crippen LogP contribution in [0.5, 0.6) is 0 Å². The number of ether oxygens (including phenoxy) is 1. The highest BCUT2D eigenvalue weighted by Crippen LogP contribution is 2.37. The van der Waals surface area contributed by atoms with Gasteiger partial charge in [-0.3, -0.25) is 9.69 Å². The molecule has 2 heterocycles. The largest absolute Gasteiger partial charge is 0.481 e. The molecular formula is C15H19NO3S. The third-order valence-corrected chi connectivity index (χ3v) is 5.44. The zero-order valence-electron chi connectivity index (χ0n) is 11.5. The zero-order valence-corrected chi connectivity index (χ0v) is 12.3. The molecule has 1 aromatic carbocycles. The maximum Gasteiger partial charge on any atom is 0.310 e. The van der Waals surface area contributed by atoms with E-state index in [1.54, 1.807) is 0 Å². The Labute approximate surface area is 123 Å². The smallest absolute Gasteiger partial charge is 0.310 e. The number of likely N-dealkylation sites (N-methyl/N-ethyl adjacent to an activating group) is 1. The Balaban J connectivity index is 1.60. The van der Waals surface area contributed by atoms with Gasteiger partial charge in [0.2, 0.25) is 0 Å². The lowest BCUT2D eigenvalue weighted by Crippen LogP contribution is -2.43. The molecule has 0 amide bonds. The molecule has 1 N–H and O–H groups in total. The van der Waals surface area contributed by atoms with Crippen molar-refractivity contribution >= 4 is 17.7 Å². The number of aliphatic carboxylic acids is 1. The van der Waals surface area contributed by atoms with Gasteiger partial charge in [-0.2, -0.15) is 0 Å². The van der Waals surface area contributed by atoms with E-state index in [1.165, 1.54) is 10.5 Å². The van der Waals surface area contributed by atoms with Crippen molar-refractivity contribution in [2.24, 2.45) is 5.92 Å². The van der Waals surface area contributed by atoms with Gasteiger partial charge >= 0.3 is 5.97 Å². The maximum absolute atomic E-state index is 11.2. The summed E-state index contributed by atoms with van der Waals surface area (Å²) in [5.41, 5.74) is 1.41. The van der Waals surface area contributed by atoms with Crippen molar-refractivity contribution in [2.45, 2.75) is 22.6 Å². The lowest BCUT2D eigenvalue weighted by molar-refractivity contribution is -0.143. The van der Waals surface area contributed by atoms with E-state index in [-0.39, 0.29) is 6.04 Å². The second-order valence-electron chi connectivity index (χ2n) is 5.54. The van der Waals surface area contributed by atoms with Crippen LogP contribution in [0.15, 0.2) is 29.2 Å². The summed E-state index contributed by atoms with van der Waals surface area (Å²) in [6.45, 7) is 1.76. The standard InChI is InChI=1S/C15H19NO3S/c1-16(13-9-19-8-12(13)15(17)18)7-11-6-10-4-2-3-5-14(10)20-11/h2-5,11-13H,6-9H2,1H3,(H,17,18). The van der Waals surface area contributed by atoms with E-state index in [0.717, 1.165) is 13.0 Å². The molecule has 20 heavy (non-hydrogen) atoms. The molecule has 0 aromatic heterocycles. The van der Waals surface area contributed by atoms with Crippen LogP contribution in [0.2, 0.25) is 0 Å². The monoisotopic (exact) mass is 293 g/mol. The molecule has 2 aliphatic rings. The van der Waals surface area contributed by atoms with E-state index >= 15 is 0 Å². The molecule has 0 spiro atoms. The molecule has 3 unspecified atom stereocenters. The summed E-state index contributed by atoms with van der Waals surface area (Å²) >= 11 is 1.90. The van der Waals surface area contributed by atoms with Crippen LogP contribution < -0.4 is 0 Å². The molecule has 0 saturated carbocycles. The quantitative estimate of drug-likeness (QED) is 0.916. The van der Waals surface area contributed by atoms with Crippen molar-refractivity contribution in [3.8, 4) is 0 Å². The molecule has 108 valence electrons. The van der Waals surface area contributed by atoms with Gasteiger partial charge in [0, 0.05) is 22.7 Å². The van der Waals surface area contributed by atoms with Crippen LogP contribution in [-0.4, -0.2) is 54.1 Å². The number of fused-ring (bicyclic) bond motifs is 1. The molecule has 0 bridgehead atoms. The van der Waals surface area contributed by atoms with Gasteiger partial charge < -0.3 is 9.84 Å². The number of carboxylic acid groups (broad SMARTS) is 1. The second kappa shape index (κ2) is 5.76. The van der Waals surface area contributed by atoms with Crippen molar-refractivity contribution in [2.75, 3.05) is 26.8 Å². The van der Waals surface area contributed by atoms with E-state index in [0.29, 0.717) is 18.5 Å². The summed E-state index contributed by atoms with van der Waals surface area (Å²) in [7, 11) is 2.01. The minimum Gasteiger partial charge on any atom is -0.481 e. The molecular weight excluding hydrogens is 274 g/mol. The van der Waals surface area contributed by atoms with Gasteiger partial charge in [-0.05, 0) is 25.1 Å². The Morgan fingerprint density at radius 3 is 3.00 bits per heavy atom. The van der Waals surface area contributed by atoms with Crippen LogP contribution in [0.1, 0.15) is 5.56 Å². The first-order valence-corrected chi connectivity index (χ1v) is 7.78. The number of carboxylic acids is 1. The number of nitrogens with zero attached hydrogens (tertiary/aromatic N) is 1. The van der Waals surface area contributed by atoms with E-state index in [2.05, 4.69) is 29.2 Å². The topological polar surface area (TPSA) is 49.8 Å². The van der Waals surface area contributed by atoms with Crippen molar-refractivity contribution < 1.29 is 14.6 Å². The highest BCUT2D eigenvalue weighted by Gasteiger charge is 2.37. The van der Waals surface area contributed by atoms with Gasteiger partial charge in [0.05, 0.1) is 19.1 Å². The summed E-state index contributed by atoms with van der Waals surface area (Å²) in [5, 5.41) is 9.73. The van der Waals surface area contributed by atoms with Crippen molar-refractivity contribution in [1.29, 1.82) is 0 Å². The maximum atomic E-state index is 11.2. The molecule has 1 saturated heterocycles. The molecule has 4 nitrogen and oxygen atoms in total. The number of hydrogen-bond donors (Lipinski definition) is 1. The van der Waals surface area contributed by atoms with Gasteiger partial charge in [0.15, 0.2) is 0 Å². The van der Waals surface area contributed by atoms with Crippen LogP contribution in [0.4, 0.5) is 0 Å². The Kier molecular flexibility index (Phi) is 4.01. The molecule has 3 rings (SSSR count). The minimum atomic E-state index is -0.748. The van der Waals surface area contributed by atoms with Gasteiger partial charge in [0.1, 0.15) is 0 Å². The molecule has 1 aromatic rings. The first-order valence-electron chi connectivity index (χ1n) is 6.90. The Morgan fingerprint density at radius 1 is 1.45 bits per heavy atom. The zero-order chi connectivity index (χ0) is 14.1. The molecule has 1 fully saturated rings. The minimum absolute atomic E-state index is 0.00295. The Bertz CT molecular complexity index is 483. The van der Waals surface area contributed by atoms with Crippen molar-refractivity contribution in [3.63, 3.8) is 0 Å². The van der Waals surface area contributed by atoms with E-state index in [9.17, 15) is 9.90 Å². The average molecular weight is 293 g/mol. The molecule has 5 heteroatoms. The highest BCUT2D eigenvalue weighted by atomic mass is 32.2. The summed E-state index contributed by atoms with van der Waals surface area (Å²) in [5.74, 6) is -1.14. The number of hydrogen-bond acceptors (Lipinski definition) is 4. The number of carbonyl (C=O) groups is 1. The fraction of sp³-hybridized carbons (Fsp3) is 0.533. The van der Waals surface area contributed by atoms with E-state index in [1.807, 2.05) is 18.8 Å². The van der Waals surface area contributed by atoms with Crippen LogP contribution >= 0.6 is 11.8 Å². The van der Waals surface area contributed by atoms with Gasteiger partial charge in [-0.1, -0.05) is 18.2 Å². The fourth-order valence-electron chi connectivity index (χ4n) is 3.03. The number of rotatable bonds is 4.